The smallest absolute Gasteiger partial charge is 0.244 e. The Morgan fingerprint density at radius 3 is 2.20 bits per heavy atom. The molecule has 11 heteroatoms. The van der Waals surface area contributed by atoms with Gasteiger partial charge >= 0.3 is 0 Å². The highest BCUT2D eigenvalue weighted by molar-refractivity contribution is 7.92. The third kappa shape index (κ3) is 8.56. The molecule has 2 aromatic rings. The number of unbranched alkanes of at least 4 members (excludes halogenated alkanes) is 1. The van der Waals surface area contributed by atoms with Crippen molar-refractivity contribution < 1.29 is 18.0 Å². The van der Waals surface area contributed by atoms with Gasteiger partial charge in [-0.05, 0) is 54.8 Å². The summed E-state index contributed by atoms with van der Waals surface area (Å²) in [6, 6.07) is 10.3. The Balaban J connectivity index is 2.41. The summed E-state index contributed by atoms with van der Waals surface area (Å²) in [7, 11) is -3.81. The molecule has 7 nitrogen and oxygen atoms in total. The van der Waals surface area contributed by atoms with Crippen LogP contribution in [-0.2, 0) is 26.2 Å². The second-order valence-electron chi connectivity index (χ2n) is 8.08. The first kappa shape index (κ1) is 29.2. The van der Waals surface area contributed by atoms with Gasteiger partial charge in [0.15, 0.2) is 0 Å². The fourth-order valence-corrected chi connectivity index (χ4v) is 4.78. The molecule has 0 aliphatic rings. The van der Waals surface area contributed by atoms with Crippen LogP contribution in [0.25, 0.3) is 0 Å². The Morgan fingerprint density at radius 1 is 1.00 bits per heavy atom. The Bertz CT molecular complexity index is 1130. The number of hydrogen-bond donors (Lipinski definition) is 1. The Labute approximate surface area is 222 Å². The highest BCUT2D eigenvalue weighted by Crippen LogP contribution is 2.25. The highest BCUT2D eigenvalue weighted by atomic mass is 35.5. The Kier molecular flexibility index (Phi) is 11.1. The summed E-state index contributed by atoms with van der Waals surface area (Å²) >= 11 is 18.1. The first-order valence-corrected chi connectivity index (χ1v) is 14.2. The van der Waals surface area contributed by atoms with Gasteiger partial charge in [-0.15, -0.1) is 0 Å². The molecule has 0 heterocycles. The number of hydrogen-bond acceptors (Lipinski definition) is 4. The van der Waals surface area contributed by atoms with Crippen LogP contribution in [0.1, 0.15) is 38.7 Å². The van der Waals surface area contributed by atoms with Gasteiger partial charge in [0, 0.05) is 18.1 Å². The second kappa shape index (κ2) is 13.3. The summed E-state index contributed by atoms with van der Waals surface area (Å²) < 4.78 is 26.1. The Morgan fingerprint density at radius 2 is 1.66 bits per heavy atom. The van der Waals surface area contributed by atoms with E-state index in [-0.39, 0.29) is 12.5 Å². The van der Waals surface area contributed by atoms with E-state index >= 15 is 0 Å². The molecule has 35 heavy (non-hydrogen) atoms. The van der Waals surface area contributed by atoms with Gasteiger partial charge in [-0.1, -0.05) is 61.1 Å². The molecule has 0 aliphatic heterocycles. The molecule has 0 spiro atoms. The molecule has 0 radical (unpaired) electrons. The maximum absolute atomic E-state index is 13.6. The molecule has 0 aromatic heterocycles. The second-order valence-corrected chi connectivity index (χ2v) is 11.2. The van der Waals surface area contributed by atoms with Crippen LogP contribution in [0.2, 0.25) is 15.1 Å². The van der Waals surface area contributed by atoms with Crippen molar-refractivity contribution in [3.05, 3.63) is 63.1 Å². The third-order valence-electron chi connectivity index (χ3n) is 5.35. The van der Waals surface area contributed by atoms with Crippen LogP contribution in [0, 0.1) is 0 Å². The lowest BCUT2D eigenvalue weighted by molar-refractivity contribution is -0.140. The fourth-order valence-electron chi connectivity index (χ4n) is 3.48. The normalized spacial score (nSPS) is 12.2. The average Bonchev–Trinajstić information content (AvgIpc) is 2.79. The van der Waals surface area contributed by atoms with Gasteiger partial charge in [0.2, 0.25) is 21.8 Å². The molecule has 2 aromatic carbocycles. The van der Waals surface area contributed by atoms with Gasteiger partial charge in [0.1, 0.15) is 12.6 Å². The number of halogens is 3. The Hall–Kier alpha value is -2.00. The van der Waals surface area contributed by atoms with Gasteiger partial charge in [-0.3, -0.25) is 13.9 Å². The largest absolute Gasteiger partial charge is 0.354 e. The number of nitrogens with one attached hydrogen (secondary N) is 1. The number of carbonyl (C=O) groups excluding carboxylic acids is 2. The molecule has 2 rings (SSSR count). The number of rotatable bonds is 12. The minimum absolute atomic E-state index is 0.0493. The molecule has 0 saturated carbocycles. The summed E-state index contributed by atoms with van der Waals surface area (Å²) in [5.41, 5.74) is 0.949. The van der Waals surface area contributed by atoms with E-state index in [1.165, 1.54) is 17.0 Å². The number of benzene rings is 2. The number of nitrogens with zero attached hydrogens (tertiary/aromatic N) is 2. The third-order valence-corrected chi connectivity index (χ3v) is 7.48. The molecule has 1 N–H and O–H groups in total. The lowest BCUT2D eigenvalue weighted by Gasteiger charge is -2.33. The molecule has 192 valence electrons. The van der Waals surface area contributed by atoms with E-state index in [4.69, 9.17) is 34.8 Å². The summed E-state index contributed by atoms with van der Waals surface area (Å²) in [6.45, 7) is 3.86. The quantitative estimate of drug-likeness (QED) is 0.363. The SMILES string of the molecule is CCCCNC(=O)C(CC)N(Cc1ccc(Cl)c(Cl)c1)C(=O)CN(c1ccc(Cl)cc1)S(C)(=O)=O. The zero-order valence-electron chi connectivity index (χ0n) is 19.9. The number of sulfonamides is 1. The predicted molar refractivity (Wildman–Crippen MR) is 143 cm³/mol. The molecular formula is C24H30Cl3N3O4S. The number of amides is 2. The number of carbonyl (C=O) groups is 2. The summed E-state index contributed by atoms with van der Waals surface area (Å²) in [4.78, 5) is 28.0. The molecule has 0 bridgehead atoms. The molecule has 2 amide bonds. The van der Waals surface area contributed by atoms with Crippen LogP contribution in [0.15, 0.2) is 42.5 Å². The molecule has 0 aliphatic carbocycles. The molecule has 1 unspecified atom stereocenters. The van der Waals surface area contributed by atoms with Crippen molar-refractivity contribution in [2.24, 2.45) is 0 Å². The van der Waals surface area contributed by atoms with Gasteiger partial charge in [-0.25, -0.2) is 8.42 Å². The average molecular weight is 563 g/mol. The topological polar surface area (TPSA) is 86.8 Å². The minimum atomic E-state index is -3.81. The zero-order valence-corrected chi connectivity index (χ0v) is 23.0. The first-order valence-electron chi connectivity index (χ1n) is 11.2. The molecular weight excluding hydrogens is 533 g/mol. The van der Waals surface area contributed by atoms with Crippen molar-refractivity contribution in [1.29, 1.82) is 0 Å². The van der Waals surface area contributed by atoms with Crippen molar-refractivity contribution >= 4 is 62.3 Å². The summed E-state index contributed by atoms with van der Waals surface area (Å²) in [5.74, 6) is -0.833. The van der Waals surface area contributed by atoms with Gasteiger partial charge in [0.25, 0.3) is 0 Å². The van der Waals surface area contributed by atoms with Gasteiger partial charge in [0.05, 0.1) is 22.0 Å². The van der Waals surface area contributed by atoms with E-state index in [1.54, 1.807) is 37.3 Å². The van der Waals surface area contributed by atoms with E-state index in [0.717, 1.165) is 23.4 Å². The van der Waals surface area contributed by atoms with Crippen molar-refractivity contribution in [2.45, 2.75) is 45.7 Å². The van der Waals surface area contributed by atoms with E-state index in [1.807, 2.05) is 6.92 Å². The van der Waals surface area contributed by atoms with Crippen molar-refractivity contribution in [3.63, 3.8) is 0 Å². The first-order chi connectivity index (χ1) is 16.5. The summed E-state index contributed by atoms with van der Waals surface area (Å²) in [5, 5.41) is 3.99. The van der Waals surface area contributed by atoms with Gasteiger partial charge < -0.3 is 10.2 Å². The predicted octanol–water partition coefficient (Wildman–Crippen LogP) is 5.14. The van der Waals surface area contributed by atoms with E-state index < -0.39 is 28.5 Å². The van der Waals surface area contributed by atoms with Crippen LogP contribution in [-0.4, -0.2) is 50.5 Å². The molecule has 1 atom stereocenters. The lowest BCUT2D eigenvalue weighted by Crippen LogP contribution is -2.52. The zero-order chi connectivity index (χ0) is 26.2. The number of anilines is 1. The van der Waals surface area contributed by atoms with Crippen molar-refractivity contribution in [1.82, 2.24) is 10.2 Å². The standard InChI is InChI=1S/C24H30Cl3N3O4S/c1-4-6-13-28-24(32)22(5-2)29(15-17-7-12-20(26)21(27)14-17)23(31)16-30(35(3,33)34)19-10-8-18(25)9-11-19/h7-12,14,22H,4-6,13,15-16H2,1-3H3,(H,28,32). The van der Waals surface area contributed by atoms with Gasteiger partial charge in [-0.2, -0.15) is 0 Å². The van der Waals surface area contributed by atoms with Crippen LogP contribution in [0.3, 0.4) is 0 Å². The monoisotopic (exact) mass is 561 g/mol. The summed E-state index contributed by atoms with van der Waals surface area (Å²) in [6.07, 6.45) is 3.08. The van der Waals surface area contributed by atoms with Crippen LogP contribution < -0.4 is 9.62 Å². The maximum atomic E-state index is 13.6. The van der Waals surface area contributed by atoms with Crippen LogP contribution >= 0.6 is 34.8 Å². The van der Waals surface area contributed by atoms with Crippen molar-refractivity contribution in [2.75, 3.05) is 23.7 Å². The minimum Gasteiger partial charge on any atom is -0.354 e. The lowest BCUT2D eigenvalue weighted by atomic mass is 10.1. The molecule has 0 fully saturated rings. The fraction of sp³-hybridized carbons (Fsp3) is 0.417. The maximum Gasteiger partial charge on any atom is 0.244 e. The van der Waals surface area contributed by atoms with E-state index in [2.05, 4.69) is 5.32 Å². The van der Waals surface area contributed by atoms with Crippen LogP contribution in [0.4, 0.5) is 5.69 Å². The highest BCUT2D eigenvalue weighted by Gasteiger charge is 2.31. The van der Waals surface area contributed by atoms with E-state index in [0.29, 0.717) is 39.3 Å². The van der Waals surface area contributed by atoms with Crippen LogP contribution in [0.5, 0.6) is 0 Å². The van der Waals surface area contributed by atoms with Crippen molar-refractivity contribution in [3.8, 4) is 0 Å². The molecule has 0 saturated heterocycles. The van der Waals surface area contributed by atoms with E-state index in [9.17, 15) is 18.0 Å².